The molecule has 2 amide bonds. The Morgan fingerprint density at radius 1 is 1.09 bits per heavy atom. The maximum absolute atomic E-state index is 12.2. The average molecular weight is 294 g/mol. The van der Waals surface area contributed by atoms with Gasteiger partial charge in [-0.15, -0.1) is 0 Å². The molecule has 2 aromatic carbocycles. The molecule has 4 heteroatoms. The molecule has 3 rings (SSSR count). The third-order valence-electron chi connectivity index (χ3n) is 4.05. The Balaban J connectivity index is 1.89. The van der Waals surface area contributed by atoms with E-state index in [1.807, 2.05) is 42.5 Å². The number of amides is 2. The van der Waals surface area contributed by atoms with Crippen LogP contribution in [0.4, 0.5) is 5.69 Å². The standard InChI is InChI=1S/C18H18N2O2/c19-18(22)15-11-17(21)20(12-15)16-9-5-4-8-14(16)10-13-6-2-1-3-7-13/h1-9,15H,10-12H2,(H2,19,22). The normalized spacial score (nSPS) is 17.7. The molecule has 1 saturated heterocycles. The lowest BCUT2D eigenvalue weighted by Crippen LogP contribution is -2.29. The van der Waals surface area contributed by atoms with Gasteiger partial charge in [0.2, 0.25) is 11.8 Å². The van der Waals surface area contributed by atoms with Gasteiger partial charge < -0.3 is 10.6 Å². The summed E-state index contributed by atoms with van der Waals surface area (Å²) in [5.41, 5.74) is 8.48. The minimum Gasteiger partial charge on any atom is -0.369 e. The number of para-hydroxylation sites is 1. The Morgan fingerprint density at radius 3 is 2.45 bits per heavy atom. The topological polar surface area (TPSA) is 63.4 Å². The molecule has 0 spiro atoms. The molecular formula is C18H18N2O2. The molecule has 4 nitrogen and oxygen atoms in total. The van der Waals surface area contributed by atoms with Gasteiger partial charge in [0.15, 0.2) is 0 Å². The van der Waals surface area contributed by atoms with Crippen LogP contribution in [0.15, 0.2) is 54.6 Å². The summed E-state index contributed by atoms with van der Waals surface area (Å²) in [6.07, 6.45) is 0.955. The van der Waals surface area contributed by atoms with Crippen LogP contribution in [0.2, 0.25) is 0 Å². The lowest BCUT2D eigenvalue weighted by Gasteiger charge is -2.20. The molecule has 112 valence electrons. The number of rotatable bonds is 4. The Bertz CT molecular complexity index is 697. The summed E-state index contributed by atoms with van der Waals surface area (Å²) in [4.78, 5) is 25.2. The lowest BCUT2D eigenvalue weighted by atomic mass is 10.0. The van der Waals surface area contributed by atoms with E-state index >= 15 is 0 Å². The molecule has 2 N–H and O–H groups in total. The molecular weight excluding hydrogens is 276 g/mol. The Hall–Kier alpha value is -2.62. The third-order valence-corrected chi connectivity index (χ3v) is 4.05. The quantitative estimate of drug-likeness (QED) is 0.938. The van der Waals surface area contributed by atoms with E-state index in [1.165, 1.54) is 5.56 Å². The van der Waals surface area contributed by atoms with E-state index in [-0.39, 0.29) is 12.3 Å². The highest BCUT2D eigenvalue weighted by molar-refractivity contribution is 6.00. The lowest BCUT2D eigenvalue weighted by molar-refractivity contribution is -0.123. The first-order chi connectivity index (χ1) is 10.6. The van der Waals surface area contributed by atoms with Crippen molar-refractivity contribution in [2.45, 2.75) is 12.8 Å². The molecule has 1 fully saturated rings. The minimum absolute atomic E-state index is 0.0377. The largest absolute Gasteiger partial charge is 0.369 e. The summed E-state index contributed by atoms with van der Waals surface area (Å²) < 4.78 is 0. The number of primary amides is 1. The zero-order valence-electron chi connectivity index (χ0n) is 12.2. The zero-order valence-corrected chi connectivity index (χ0v) is 12.2. The fraction of sp³-hybridized carbons (Fsp3) is 0.222. The Labute approximate surface area is 129 Å². The van der Waals surface area contributed by atoms with E-state index in [2.05, 4.69) is 12.1 Å². The van der Waals surface area contributed by atoms with Gasteiger partial charge in [-0.2, -0.15) is 0 Å². The first-order valence-corrected chi connectivity index (χ1v) is 7.36. The van der Waals surface area contributed by atoms with E-state index in [0.717, 1.165) is 17.7 Å². The van der Waals surface area contributed by atoms with Crippen LogP contribution in [0.1, 0.15) is 17.5 Å². The first kappa shape index (κ1) is 14.3. The molecule has 0 saturated carbocycles. The van der Waals surface area contributed by atoms with Gasteiger partial charge in [0.05, 0.1) is 5.92 Å². The van der Waals surface area contributed by atoms with Crippen molar-refractivity contribution >= 4 is 17.5 Å². The molecule has 1 heterocycles. The molecule has 0 bridgehead atoms. The van der Waals surface area contributed by atoms with Crippen LogP contribution >= 0.6 is 0 Å². The number of carbonyl (C=O) groups is 2. The number of anilines is 1. The molecule has 1 atom stereocenters. The number of nitrogens with zero attached hydrogens (tertiary/aromatic N) is 1. The first-order valence-electron chi connectivity index (χ1n) is 7.36. The highest BCUT2D eigenvalue weighted by Gasteiger charge is 2.34. The highest BCUT2D eigenvalue weighted by atomic mass is 16.2. The van der Waals surface area contributed by atoms with E-state index < -0.39 is 11.8 Å². The van der Waals surface area contributed by atoms with Crippen LogP contribution in [-0.2, 0) is 16.0 Å². The second kappa shape index (κ2) is 6.02. The fourth-order valence-corrected chi connectivity index (χ4v) is 2.87. The van der Waals surface area contributed by atoms with Crippen LogP contribution < -0.4 is 10.6 Å². The Morgan fingerprint density at radius 2 is 1.77 bits per heavy atom. The second-order valence-electron chi connectivity index (χ2n) is 5.60. The van der Waals surface area contributed by atoms with E-state index in [4.69, 9.17) is 5.73 Å². The summed E-state index contributed by atoms with van der Waals surface area (Å²) in [7, 11) is 0. The zero-order chi connectivity index (χ0) is 15.5. The van der Waals surface area contributed by atoms with E-state index in [9.17, 15) is 9.59 Å². The molecule has 1 unspecified atom stereocenters. The number of hydrogen-bond acceptors (Lipinski definition) is 2. The monoisotopic (exact) mass is 294 g/mol. The second-order valence-corrected chi connectivity index (χ2v) is 5.60. The Kier molecular flexibility index (Phi) is 3.92. The molecule has 2 aromatic rings. The number of carbonyl (C=O) groups excluding carboxylic acids is 2. The predicted molar refractivity (Wildman–Crippen MR) is 85.3 cm³/mol. The van der Waals surface area contributed by atoms with Crippen LogP contribution in [0, 0.1) is 5.92 Å². The predicted octanol–water partition coefficient (Wildman–Crippen LogP) is 2.12. The van der Waals surface area contributed by atoms with Crippen molar-refractivity contribution in [1.82, 2.24) is 0 Å². The van der Waals surface area contributed by atoms with Crippen molar-refractivity contribution in [3.05, 3.63) is 65.7 Å². The van der Waals surface area contributed by atoms with Crippen LogP contribution in [-0.4, -0.2) is 18.4 Å². The molecule has 22 heavy (non-hydrogen) atoms. The van der Waals surface area contributed by atoms with Gasteiger partial charge in [-0.3, -0.25) is 9.59 Å². The average Bonchev–Trinajstić information content (AvgIpc) is 2.91. The van der Waals surface area contributed by atoms with E-state index in [0.29, 0.717) is 6.54 Å². The summed E-state index contributed by atoms with van der Waals surface area (Å²) in [6.45, 7) is 0.375. The number of hydrogen-bond donors (Lipinski definition) is 1. The van der Waals surface area contributed by atoms with Gasteiger partial charge >= 0.3 is 0 Å². The molecule has 1 aliphatic heterocycles. The number of nitrogens with two attached hydrogens (primary N) is 1. The maximum Gasteiger partial charge on any atom is 0.227 e. The third kappa shape index (κ3) is 2.86. The van der Waals surface area contributed by atoms with Crippen molar-refractivity contribution in [2.24, 2.45) is 11.7 Å². The van der Waals surface area contributed by atoms with Gasteiger partial charge in [-0.25, -0.2) is 0 Å². The molecule has 0 aliphatic carbocycles. The highest BCUT2D eigenvalue weighted by Crippen LogP contribution is 2.29. The van der Waals surface area contributed by atoms with Crippen molar-refractivity contribution in [3.63, 3.8) is 0 Å². The molecule has 0 radical (unpaired) electrons. The molecule has 0 aromatic heterocycles. The van der Waals surface area contributed by atoms with Crippen LogP contribution in [0.5, 0.6) is 0 Å². The minimum atomic E-state index is -0.406. The van der Waals surface area contributed by atoms with Crippen molar-refractivity contribution in [2.75, 3.05) is 11.4 Å². The fourth-order valence-electron chi connectivity index (χ4n) is 2.87. The summed E-state index contributed by atoms with van der Waals surface area (Å²) in [5, 5.41) is 0. The van der Waals surface area contributed by atoms with E-state index in [1.54, 1.807) is 4.90 Å². The van der Waals surface area contributed by atoms with Gasteiger partial charge in [0.25, 0.3) is 0 Å². The summed E-state index contributed by atoms with van der Waals surface area (Å²) >= 11 is 0. The van der Waals surface area contributed by atoms with Crippen LogP contribution in [0.25, 0.3) is 0 Å². The SMILES string of the molecule is NC(=O)C1CC(=O)N(c2ccccc2Cc2ccccc2)C1. The van der Waals surface area contributed by atoms with Crippen molar-refractivity contribution < 1.29 is 9.59 Å². The van der Waals surface area contributed by atoms with Gasteiger partial charge in [0, 0.05) is 18.7 Å². The maximum atomic E-state index is 12.2. The summed E-state index contributed by atoms with van der Waals surface area (Å²) in [5.74, 6) is -0.835. The van der Waals surface area contributed by atoms with Gasteiger partial charge in [-0.05, 0) is 23.6 Å². The van der Waals surface area contributed by atoms with Crippen molar-refractivity contribution in [3.8, 4) is 0 Å². The number of benzene rings is 2. The molecule has 1 aliphatic rings. The summed E-state index contributed by atoms with van der Waals surface area (Å²) in [6, 6.07) is 17.9. The van der Waals surface area contributed by atoms with Gasteiger partial charge in [-0.1, -0.05) is 48.5 Å². The van der Waals surface area contributed by atoms with Gasteiger partial charge in [0.1, 0.15) is 0 Å². The van der Waals surface area contributed by atoms with Crippen LogP contribution in [0.3, 0.4) is 0 Å². The smallest absolute Gasteiger partial charge is 0.227 e. The van der Waals surface area contributed by atoms with Crippen molar-refractivity contribution in [1.29, 1.82) is 0 Å².